The van der Waals surface area contributed by atoms with Crippen molar-refractivity contribution >= 4 is 5.97 Å². The van der Waals surface area contributed by atoms with Crippen LogP contribution in [0.1, 0.15) is 6.42 Å². The van der Waals surface area contributed by atoms with Gasteiger partial charge in [-0.3, -0.25) is 4.79 Å². The van der Waals surface area contributed by atoms with Crippen molar-refractivity contribution in [2.45, 2.75) is 12.5 Å². The molecule has 0 spiro atoms. The standard InChI is InChI=1S/C7H13NO3/c1-10-7(9)6(8)5-2-3-11-4-5/h5-6H,2-4,8H2,1H3/t5-,6+/m0/s1. The molecule has 0 bridgehead atoms. The first-order chi connectivity index (χ1) is 5.25. The molecule has 64 valence electrons. The summed E-state index contributed by atoms with van der Waals surface area (Å²) in [4.78, 5) is 10.9. The highest BCUT2D eigenvalue weighted by atomic mass is 16.5. The number of nitrogens with two attached hydrogens (primary N) is 1. The van der Waals surface area contributed by atoms with Crippen molar-refractivity contribution in [3.05, 3.63) is 0 Å². The van der Waals surface area contributed by atoms with Gasteiger partial charge in [0, 0.05) is 12.5 Å². The van der Waals surface area contributed by atoms with Crippen molar-refractivity contribution in [1.82, 2.24) is 0 Å². The molecule has 0 aromatic heterocycles. The molecular weight excluding hydrogens is 146 g/mol. The zero-order chi connectivity index (χ0) is 8.27. The lowest BCUT2D eigenvalue weighted by Gasteiger charge is -2.13. The van der Waals surface area contributed by atoms with Crippen molar-refractivity contribution in [3.63, 3.8) is 0 Å². The maximum atomic E-state index is 10.9. The fourth-order valence-corrected chi connectivity index (χ4v) is 1.16. The molecule has 0 aliphatic carbocycles. The summed E-state index contributed by atoms with van der Waals surface area (Å²) >= 11 is 0. The van der Waals surface area contributed by atoms with E-state index in [2.05, 4.69) is 4.74 Å². The van der Waals surface area contributed by atoms with Crippen LogP contribution in [0.2, 0.25) is 0 Å². The van der Waals surface area contributed by atoms with Gasteiger partial charge in [-0.1, -0.05) is 0 Å². The van der Waals surface area contributed by atoms with Crippen LogP contribution in [-0.2, 0) is 14.3 Å². The van der Waals surface area contributed by atoms with Gasteiger partial charge in [-0.2, -0.15) is 0 Å². The molecule has 4 nitrogen and oxygen atoms in total. The number of methoxy groups -OCH3 is 1. The molecule has 1 heterocycles. The van der Waals surface area contributed by atoms with E-state index < -0.39 is 6.04 Å². The van der Waals surface area contributed by atoms with Gasteiger partial charge in [-0.05, 0) is 6.42 Å². The Labute approximate surface area is 65.7 Å². The average Bonchev–Trinajstić information content (AvgIpc) is 2.53. The maximum absolute atomic E-state index is 10.9. The Balaban J connectivity index is 2.39. The summed E-state index contributed by atoms with van der Waals surface area (Å²) in [5.74, 6) is -0.206. The first-order valence-corrected chi connectivity index (χ1v) is 3.67. The third-order valence-corrected chi connectivity index (χ3v) is 1.95. The average molecular weight is 159 g/mol. The van der Waals surface area contributed by atoms with E-state index in [1.54, 1.807) is 0 Å². The summed E-state index contributed by atoms with van der Waals surface area (Å²) in [7, 11) is 1.35. The van der Waals surface area contributed by atoms with E-state index in [9.17, 15) is 4.79 Å². The lowest BCUT2D eigenvalue weighted by Crippen LogP contribution is -2.39. The van der Waals surface area contributed by atoms with E-state index in [-0.39, 0.29) is 11.9 Å². The molecule has 0 aromatic carbocycles. The van der Waals surface area contributed by atoms with Gasteiger partial charge in [0.05, 0.1) is 13.7 Å². The highest BCUT2D eigenvalue weighted by molar-refractivity contribution is 5.75. The van der Waals surface area contributed by atoms with E-state index >= 15 is 0 Å². The number of esters is 1. The summed E-state index contributed by atoms with van der Waals surface area (Å²) in [6.45, 7) is 1.28. The molecule has 4 heteroatoms. The number of rotatable bonds is 2. The molecule has 1 fully saturated rings. The van der Waals surface area contributed by atoms with E-state index in [1.165, 1.54) is 7.11 Å². The number of hydrogen-bond donors (Lipinski definition) is 1. The molecule has 1 saturated heterocycles. The molecule has 0 aromatic rings. The zero-order valence-corrected chi connectivity index (χ0v) is 6.58. The molecule has 0 saturated carbocycles. The smallest absolute Gasteiger partial charge is 0.323 e. The molecule has 0 amide bonds. The predicted octanol–water partition coefficient (Wildman–Crippen LogP) is -0.477. The second kappa shape index (κ2) is 3.69. The topological polar surface area (TPSA) is 61.5 Å². The van der Waals surface area contributed by atoms with Crippen LogP contribution in [0.3, 0.4) is 0 Å². The monoisotopic (exact) mass is 159 g/mol. The first-order valence-electron chi connectivity index (χ1n) is 3.67. The van der Waals surface area contributed by atoms with Gasteiger partial charge < -0.3 is 15.2 Å². The Kier molecular flexibility index (Phi) is 2.84. The van der Waals surface area contributed by atoms with E-state index in [4.69, 9.17) is 10.5 Å². The Hall–Kier alpha value is -0.610. The van der Waals surface area contributed by atoms with Crippen LogP contribution in [0, 0.1) is 5.92 Å². The quantitative estimate of drug-likeness (QED) is 0.553. The summed E-state index contributed by atoms with van der Waals surface area (Å²) < 4.78 is 9.59. The summed E-state index contributed by atoms with van der Waals surface area (Å²) in [6, 6.07) is -0.512. The van der Waals surface area contributed by atoms with Gasteiger partial charge in [0.1, 0.15) is 6.04 Å². The van der Waals surface area contributed by atoms with Gasteiger partial charge in [0.2, 0.25) is 0 Å². The molecule has 1 rings (SSSR count). The predicted molar refractivity (Wildman–Crippen MR) is 38.9 cm³/mol. The largest absolute Gasteiger partial charge is 0.468 e. The highest BCUT2D eigenvalue weighted by Crippen LogP contribution is 2.15. The van der Waals surface area contributed by atoms with Crippen LogP contribution in [0.4, 0.5) is 0 Å². The minimum Gasteiger partial charge on any atom is -0.468 e. The normalized spacial score (nSPS) is 26.5. The van der Waals surface area contributed by atoms with Crippen LogP contribution < -0.4 is 5.73 Å². The first kappa shape index (κ1) is 8.49. The van der Waals surface area contributed by atoms with Crippen molar-refractivity contribution in [3.8, 4) is 0 Å². The summed E-state index contributed by atoms with van der Waals surface area (Å²) in [5.41, 5.74) is 5.58. The molecule has 0 unspecified atom stereocenters. The van der Waals surface area contributed by atoms with Crippen LogP contribution in [0.5, 0.6) is 0 Å². The molecule has 1 aliphatic rings. The Morgan fingerprint density at radius 3 is 3.00 bits per heavy atom. The molecule has 1 aliphatic heterocycles. The van der Waals surface area contributed by atoms with Crippen LogP contribution >= 0.6 is 0 Å². The lowest BCUT2D eigenvalue weighted by molar-refractivity contribution is -0.143. The Bertz CT molecular complexity index is 143. The number of carbonyl (C=O) groups is 1. The molecular formula is C7H13NO3. The minimum absolute atomic E-state index is 0.141. The third kappa shape index (κ3) is 1.91. The van der Waals surface area contributed by atoms with Crippen molar-refractivity contribution < 1.29 is 14.3 Å². The maximum Gasteiger partial charge on any atom is 0.323 e. The zero-order valence-electron chi connectivity index (χ0n) is 6.58. The Morgan fingerprint density at radius 2 is 2.55 bits per heavy atom. The van der Waals surface area contributed by atoms with Crippen LogP contribution in [-0.4, -0.2) is 32.3 Å². The van der Waals surface area contributed by atoms with Crippen molar-refractivity contribution in [1.29, 1.82) is 0 Å². The van der Waals surface area contributed by atoms with Gasteiger partial charge in [0.25, 0.3) is 0 Å². The SMILES string of the molecule is COC(=O)[C@H](N)[C@H]1CCOC1. The summed E-state index contributed by atoms with van der Waals surface area (Å²) in [5, 5.41) is 0. The molecule has 2 N–H and O–H groups in total. The van der Waals surface area contributed by atoms with Gasteiger partial charge in [-0.25, -0.2) is 0 Å². The minimum atomic E-state index is -0.512. The van der Waals surface area contributed by atoms with Gasteiger partial charge in [0.15, 0.2) is 0 Å². The lowest BCUT2D eigenvalue weighted by atomic mass is 10.0. The van der Waals surface area contributed by atoms with Crippen LogP contribution in [0.15, 0.2) is 0 Å². The fourth-order valence-electron chi connectivity index (χ4n) is 1.16. The number of hydrogen-bond acceptors (Lipinski definition) is 4. The van der Waals surface area contributed by atoms with Gasteiger partial charge >= 0.3 is 5.97 Å². The van der Waals surface area contributed by atoms with Gasteiger partial charge in [-0.15, -0.1) is 0 Å². The fraction of sp³-hybridized carbons (Fsp3) is 0.857. The number of ether oxygens (including phenoxy) is 2. The second-order valence-electron chi connectivity index (χ2n) is 2.67. The highest BCUT2D eigenvalue weighted by Gasteiger charge is 2.28. The van der Waals surface area contributed by atoms with Crippen LogP contribution in [0.25, 0.3) is 0 Å². The molecule has 0 radical (unpaired) electrons. The summed E-state index contributed by atoms with van der Waals surface area (Å²) in [6.07, 6.45) is 0.857. The third-order valence-electron chi connectivity index (χ3n) is 1.95. The van der Waals surface area contributed by atoms with E-state index in [0.717, 1.165) is 6.42 Å². The van der Waals surface area contributed by atoms with Crippen molar-refractivity contribution in [2.24, 2.45) is 11.7 Å². The van der Waals surface area contributed by atoms with Crippen molar-refractivity contribution in [2.75, 3.05) is 20.3 Å². The second-order valence-corrected chi connectivity index (χ2v) is 2.67. The molecule has 2 atom stereocenters. The van der Waals surface area contributed by atoms with E-state index in [1.807, 2.05) is 0 Å². The Morgan fingerprint density at radius 1 is 1.82 bits per heavy atom. The van der Waals surface area contributed by atoms with E-state index in [0.29, 0.717) is 13.2 Å². The number of carbonyl (C=O) groups excluding carboxylic acids is 1. The molecule has 11 heavy (non-hydrogen) atoms.